The number of ether oxygens (including phenoxy) is 1. The molecule has 0 N–H and O–H groups in total. The van der Waals surface area contributed by atoms with Crippen molar-refractivity contribution in [1.82, 2.24) is 28.5 Å². The van der Waals surface area contributed by atoms with Crippen molar-refractivity contribution >= 4 is 23.2 Å². The van der Waals surface area contributed by atoms with Crippen LogP contribution in [-0.4, -0.2) is 72.3 Å². The summed E-state index contributed by atoms with van der Waals surface area (Å²) < 4.78 is 9.05. The molecule has 0 unspecified atom stereocenters. The summed E-state index contributed by atoms with van der Waals surface area (Å²) in [6.45, 7) is 6.29. The van der Waals surface area contributed by atoms with Crippen molar-refractivity contribution in [1.29, 1.82) is 0 Å². The summed E-state index contributed by atoms with van der Waals surface area (Å²) in [4.78, 5) is 57.3. The Labute approximate surface area is 167 Å². The number of fused-ring (bicyclic) bond motifs is 1. The van der Waals surface area contributed by atoms with Crippen molar-refractivity contribution in [3.8, 4) is 0 Å². The molecule has 1 fully saturated rings. The van der Waals surface area contributed by atoms with E-state index in [0.717, 1.165) is 4.57 Å². The molecule has 0 atom stereocenters. The average molecular weight is 406 g/mol. The van der Waals surface area contributed by atoms with Crippen LogP contribution in [0.4, 0.5) is 4.79 Å². The molecule has 1 saturated heterocycles. The van der Waals surface area contributed by atoms with Crippen LogP contribution in [0.2, 0.25) is 0 Å². The predicted octanol–water partition coefficient (Wildman–Crippen LogP) is -0.487. The van der Waals surface area contributed by atoms with Gasteiger partial charge in [0, 0.05) is 40.3 Å². The fourth-order valence-corrected chi connectivity index (χ4v) is 3.24. The molecule has 1 aliphatic rings. The second kappa shape index (κ2) is 7.37. The van der Waals surface area contributed by atoms with Crippen molar-refractivity contribution in [2.45, 2.75) is 32.9 Å². The summed E-state index contributed by atoms with van der Waals surface area (Å²) in [5.41, 5.74) is -1.20. The molecule has 158 valence electrons. The zero-order chi connectivity index (χ0) is 21.5. The summed E-state index contributed by atoms with van der Waals surface area (Å²) in [6.07, 6.45) is 1.03. The number of carbonyl (C=O) groups is 2. The average Bonchev–Trinajstić information content (AvgIpc) is 3.04. The van der Waals surface area contributed by atoms with Crippen LogP contribution >= 0.6 is 0 Å². The Morgan fingerprint density at radius 2 is 1.66 bits per heavy atom. The molecule has 2 aromatic heterocycles. The first-order chi connectivity index (χ1) is 13.5. The van der Waals surface area contributed by atoms with Gasteiger partial charge in [0.2, 0.25) is 5.91 Å². The van der Waals surface area contributed by atoms with Gasteiger partial charge in [-0.05, 0) is 20.8 Å². The first kappa shape index (κ1) is 20.6. The van der Waals surface area contributed by atoms with Crippen LogP contribution in [0.15, 0.2) is 15.9 Å². The molecule has 11 nitrogen and oxygen atoms in total. The van der Waals surface area contributed by atoms with Gasteiger partial charge in [-0.15, -0.1) is 0 Å². The topological polar surface area (TPSA) is 112 Å². The molecule has 3 rings (SSSR count). The highest BCUT2D eigenvalue weighted by Crippen LogP contribution is 2.12. The summed E-state index contributed by atoms with van der Waals surface area (Å²) in [5.74, 6) is -0.352. The lowest BCUT2D eigenvalue weighted by Crippen LogP contribution is -2.53. The smallest absolute Gasteiger partial charge is 0.410 e. The largest absolute Gasteiger partial charge is 0.444 e. The Kier molecular flexibility index (Phi) is 5.24. The van der Waals surface area contributed by atoms with Gasteiger partial charge in [0.1, 0.15) is 12.1 Å². The van der Waals surface area contributed by atoms with Gasteiger partial charge in [0.15, 0.2) is 11.2 Å². The van der Waals surface area contributed by atoms with Crippen LogP contribution in [-0.2, 0) is 30.2 Å². The van der Waals surface area contributed by atoms with Gasteiger partial charge in [-0.25, -0.2) is 19.1 Å². The second-order valence-corrected chi connectivity index (χ2v) is 8.11. The standard InChI is InChI=1S/C18H26N6O5/c1-18(2,3)29-17(28)23-8-6-22(7-9-23)12(25)10-24-15(26)13-14(19-11-20(13)4)21(5)16(24)27/h11H,6-10H2,1-5H3. The Bertz CT molecular complexity index is 1070. The number of rotatable bonds is 2. The molecule has 0 radical (unpaired) electrons. The van der Waals surface area contributed by atoms with E-state index in [1.165, 1.54) is 22.5 Å². The van der Waals surface area contributed by atoms with E-state index in [1.54, 1.807) is 37.6 Å². The van der Waals surface area contributed by atoms with E-state index in [2.05, 4.69) is 4.98 Å². The normalized spacial score (nSPS) is 15.1. The van der Waals surface area contributed by atoms with Crippen molar-refractivity contribution in [3.63, 3.8) is 0 Å². The van der Waals surface area contributed by atoms with Gasteiger partial charge in [-0.1, -0.05) is 0 Å². The Hall–Kier alpha value is -3.11. The van der Waals surface area contributed by atoms with E-state index in [0.29, 0.717) is 26.2 Å². The van der Waals surface area contributed by atoms with Gasteiger partial charge < -0.3 is 19.1 Å². The van der Waals surface area contributed by atoms with E-state index in [1.807, 2.05) is 0 Å². The summed E-state index contributed by atoms with van der Waals surface area (Å²) in [7, 11) is 3.17. The maximum Gasteiger partial charge on any atom is 0.410 e. The molecule has 11 heteroatoms. The van der Waals surface area contributed by atoms with E-state index in [9.17, 15) is 19.2 Å². The SMILES string of the molecule is Cn1cnc2c1c(=O)n(CC(=O)N1CCN(C(=O)OC(C)(C)C)CC1)c(=O)n2C. The number of aryl methyl sites for hydroxylation is 2. The number of aromatic nitrogens is 4. The molecule has 1 aliphatic heterocycles. The minimum absolute atomic E-state index is 0.259. The van der Waals surface area contributed by atoms with Crippen LogP contribution in [0.5, 0.6) is 0 Å². The Morgan fingerprint density at radius 3 is 2.24 bits per heavy atom. The molecular weight excluding hydrogens is 380 g/mol. The maximum atomic E-state index is 12.7. The monoisotopic (exact) mass is 406 g/mol. The lowest BCUT2D eigenvalue weighted by Gasteiger charge is -2.35. The first-order valence-electron chi connectivity index (χ1n) is 9.36. The van der Waals surface area contributed by atoms with Crippen molar-refractivity contribution in [3.05, 3.63) is 27.2 Å². The number of amides is 2. The molecule has 2 aromatic rings. The van der Waals surface area contributed by atoms with Gasteiger partial charge in [0.25, 0.3) is 5.56 Å². The predicted molar refractivity (Wildman–Crippen MR) is 105 cm³/mol. The molecule has 3 heterocycles. The van der Waals surface area contributed by atoms with E-state index in [4.69, 9.17) is 4.74 Å². The number of carbonyl (C=O) groups excluding carboxylic acids is 2. The minimum Gasteiger partial charge on any atom is -0.444 e. The molecular formula is C18H26N6O5. The maximum absolute atomic E-state index is 12.7. The van der Waals surface area contributed by atoms with Crippen LogP contribution in [0, 0.1) is 0 Å². The molecule has 2 amide bonds. The van der Waals surface area contributed by atoms with Gasteiger partial charge in [-0.2, -0.15) is 0 Å². The number of hydrogen-bond acceptors (Lipinski definition) is 6. The minimum atomic E-state index is -0.595. The zero-order valence-corrected chi connectivity index (χ0v) is 17.3. The van der Waals surface area contributed by atoms with Gasteiger partial charge in [0.05, 0.1) is 6.33 Å². The second-order valence-electron chi connectivity index (χ2n) is 8.11. The zero-order valence-electron chi connectivity index (χ0n) is 17.3. The quantitative estimate of drug-likeness (QED) is 0.666. The number of imidazole rings is 1. The molecule has 0 aliphatic carbocycles. The van der Waals surface area contributed by atoms with Gasteiger partial charge >= 0.3 is 11.8 Å². The third kappa shape index (κ3) is 4.03. The highest BCUT2D eigenvalue weighted by Gasteiger charge is 2.28. The Morgan fingerprint density at radius 1 is 1.07 bits per heavy atom. The van der Waals surface area contributed by atoms with Crippen molar-refractivity contribution in [2.75, 3.05) is 26.2 Å². The fourth-order valence-electron chi connectivity index (χ4n) is 3.24. The third-order valence-electron chi connectivity index (χ3n) is 4.78. The molecule has 0 aromatic carbocycles. The summed E-state index contributed by atoms with van der Waals surface area (Å²) in [6, 6.07) is 0. The van der Waals surface area contributed by atoms with Crippen LogP contribution < -0.4 is 11.2 Å². The van der Waals surface area contributed by atoms with Crippen molar-refractivity contribution in [2.24, 2.45) is 14.1 Å². The molecule has 0 spiro atoms. The number of piperazine rings is 1. The first-order valence-corrected chi connectivity index (χ1v) is 9.36. The van der Waals surface area contributed by atoms with E-state index in [-0.39, 0.29) is 23.6 Å². The van der Waals surface area contributed by atoms with Crippen LogP contribution in [0.1, 0.15) is 20.8 Å². The molecule has 0 saturated carbocycles. The van der Waals surface area contributed by atoms with Gasteiger partial charge in [-0.3, -0.25) is 14.2 Å². The number of nitrogens with zero attached hydrogens (tertiary/aromatic N) is 6. The summed E-state index contributed by atoms with van der Waals surface area (Å²) >= 11 is 0. The molecule has 29 heavy (non-hydrogen) atoms. The van der Waals surface area contributed by atoms with Crippen LogP contribution in [0.3, 0.4) is 0 Å². The van der Waals surface area contributed by atoms with Crippen LogP contribution in [0.25, 0.3) is 11.2 Å². The van der Waals surface area contributed by atoms with Crippen molar-refractivity contribution < 1.29 is 14.3 Å². The number of hydrogen-bond donors (Lipinski definition) is 0. The van der Waals surface area contributed by atoms with E-state index >= 15 is 0 Å². The lowest BCUT2D eigenvalue weighted by molar-refractivity contribution is -0.133. The highest BCUT2D eigenvalue weighted by molar-refractivity contribution is 5.77. The van der Waals surface area contributed by atoms with E-state index < -0.39 is 22.9 Å². The fraction of sp³-hybridized carbons (Fsp3) is 0.611. The lowest BCUT2D eigenvalue weighted by atomic mass is 10.2. The third-order valence-corrected chi connectivity index (χ3v) is 4.78. The molecule has 0 bridgehead atoms. The summed E-state index contributed by atoms with van der Waals surface area (Å²) in [5, 5.41) is 0. The Balaban J connectivity index is 1.73. The highest BCUT2D eigenvalue weighted by atomic mass is 16.6.